The number of benzene rings is 2. The smallest absolute Gasteiger partial charge is 0.205 e. The first-order valence-corrected chi connectivity index (χ1v) is 6.11. The average Bonchev–Trinajstić information content (AvgIpc) is 2.68. The summed E-state index contributed by atoms with van der Waals surface area (Å²) >= 11 is 12.1. The van der Waals surface area contributed by atoms with Crippen LogP contribution in [0.15, 0.2) is 42.5 Å². The van der Waals surface area contributed by atoms with E-state index in [9.17, 15) is 0 Å². The molecule has 3 aromatic rings. The minimum absolute atomic E-state index is 0.403. The highest BCUT2D eigenvalue weighted by molar-refractivity contribution is 6.35. The number of imidazole rings is 1. The molecule has 0 aliphatic carbocycles. The van der Waals surface area contributed by atoms with Crippen molar-refractivity contribution >= 4 is 40.2 Å². The average molecular weight is 278 g/mol. The summed E-state index contributed by atoms with van der Waals surface area (Å²) in [5, 5.41) is 1.29. The molecule has 0 saturated heterocycles. The van der Waals surface area contributed by atoms with Gasteiger partial charge < -0.3 is 5.73 Å². The van der Waals surface area contributed by atoms with Crippen molar-refractivity contribution in [2.75, 3.05) is 5.73 Å². The van der Waals surface area contributed by atoms with E-state index in [1.165, 1.54) is 0 Å². The molecule has 2 N–H and O–H groups in total. The summed E-state index contributed by atoms with van der Waals surface area (Å²) in [7, 11) is 0. The Morgan fingerprint density at radius 1 is 1.00 bits per heavy atom. The van der Waals surface area contributed by atoms with Crippen molar-refractivity contribution in [2.24, 2.45) is 0 Å². The van der Waals surface area contributed by atoms with E-state index in [2.05, 4.69) is 4.98 Å². The van der Waals surface area contributed by atoms with E-state index in [4.69, 9.17) is 28.9 Å². The van der Waals surface area contributed by atoms with Crippen LogP contribution in [0.1, 0.15) is 0 Å². The summed E-state index contributed by atoms with van der Waals surface area (Å²) in [5.41, 5.74) is 8.41. The molecule has 0 aliphatic rings. The first-order valence-electron chi connectivity index (χ1n) is 5.35. The molecule has 0 atom stereocenters. The molecule has 18 heavy (non-hydrogen) atoms. The summed E-state index contributed by atoms with van der Waals surface area (Å²) in [4.78, 5) is 4.30. The van der Waals surface area contributed by atoms with Crippen molar-refractivity contribution in [3.8, 4) is 5.69 Å². The van der Waals surface area contributed by atoms with Gasteiger partial charge in [0, 0.05) is 10.7 Å². The molecular formula is C13H9Cl2N3. The number of nitrogens with two attached hydrogens (primary N) is 1. The lowest BCUT2D eigenvalue weighted by Crippen LogP contribution is -2.00. The second kappa shape index (κ2) is 4.19. The van der Waals surface area contributed by atoms with E-state index >= 15 is 0 Å². The summed E-state index contributed by atoms with van der Waals surface area (Å²) < 4.78 is 1.81. The Morgan fingerprint density at radius 3 is 2.44 bits per heavy atom. The maximum absolute atomic E-state index is 6.21. The van der Waals surface area contributed by atoms with Gasteiger partial charge in [0.1, 0.15) is 0 Å². The zero-order valence-electron chi connectivity index (χ0n) is 9.27. The van der Waals surface area contributed by atoms with E-state index < -0.39 is 0 Å². The second-order valence-electron chi connectivity index (χ2n) is 3.89. The number of halogens is 2. The van der Waals surface area contributed by atoms with Crippen LogP contribution in [0.4, 0.5) is 5.95 Å². The van der Waals surface area contributed by atoms with Crippen molar-refractivity contribution in [3.63, 3.8) is 0 Å². The highest BCUT2D eigenvalue weighted by atomic mass is 35.5. The Labute approximate surface area is 114 Å². The number of fused-ring (bicyclic) bond motifs is 1. The molecule has 90 valence electrons. The Hall–Kier alpha value is -1.71. The van der Waals surface area contributed by atoms with E-state index in [-0.39, 0.29) is 0 Å². The van der Waals surface area contributed by atoms with Crippen molar-refractivity contribution in [1.82, 2.24) is 9.55 Å². The molecule has 2 aromatic carbocycles. The molecule has 0 unspecified atom stereocenters. The van der Waals surface area contributed by atoms with Crippen LogP contribution in [-0.2, 0) is 0 Å². The largest absolute Gasteiger partial charge is 0.369 e. The molecule has 0 spiro atoms. The Kier molecular flexibility index (Phi) is 2.65. The van der Waals surface area contributed by atoms with E-state index in [0.717, 1.165) is 16.7 Å². The van der Waals surface area contributed by atoms with Gasteiger partial charge in [-0.3, -0.25) is 4.57 Å². The molecule has 0 aliphatic heterocycles. The first-order chi connectivity index (χ1) is 8.66. The normalized spacial score (nSPS) is 11.0. The summed E-state index contributed by atoms with van der Waals surface area (Å²) in [6.07, 6.45) is 0. The van der Waals surface area contributed by atoms with Crippen LogP contribution in [0.25, 0.3) is 16.7 Å². The topological polar surface area (TPSA) is 43.8 Å². The van der Waals surface area contributed by atoms with Gasteiger partial charge in [0.15, 0.2) is 0 Å². The molecule has 0 fully saturated rings. The fraction of sp³-hybridized carbons (Fsp3) is 0. The minimum Gasteiger partial charge on any atom is -0.369 e. The highest BCUT2D eigenvalue weighted by Crippen LogP contribution is 2.29. The van der Waals surface area contributed by atoms with Gasteiger partial charge in [-0.2, -0.15) is 0 Å². The molecule has 0 bridgehead atoms. The number of hydrogen-bond acceptors (Lipinski definition) is 2. The van der Waals surface area contributed by atoms with Gasteiger partial charge in [0.2, 0.25) is 5.95 Å². The number of para-hydroxylation sites is 1. The number of nitrogens with zero attached hydrogens (tertiary/aromatic N) is 2. The second-order valence-corrected chi connectivity index (χ2v) is 4.73. The third kappa shape index (κ3) is 1.72. The molecule has 3 rings (SSSR count). The van der Waals surface area contributed by atoms with Crippen molar-refractivity contribution in [3.05, 3.63) is 52.5 Å². The SMILES string of the molecule is Nc1nc2cccc(Cl)c2n1-c1ccc(Cl)cc1. The lowest BCUT2D eigenvalue weighted by atomic mass is 10.3. The summed E-state index contributed by atoms with van der Waals surface area (Å²) in [6, 6.07) is 12.9. The number of rotatable bonds is 1. The van der Waals surface area contributed by atoms with Gasteiger partial charge >= 0.3 is 0 Å². The molecule has 0 radical (unpaired) electrons. The van der Waals surface area contributed by atoms with Crippen molar-refractivity contribution < 1.29 is 0 Å². The predicted octanol–water partition coefficient (Wildman–Crippen LogP) is 3.91. The zero-order chi connectivity index (χ0) is 12.7. The van der Waals surface area contributed by atoms with Gasteiger partial charge in [-0.25, -0.2) is 4.98 Å². The quantitative estimate of drug-likeness (QED) is 0.733. The van der Waals surface area contributed by atoms with Gasteiger partial charge in [0.25, 0.3) is 0 Å². The highest BCUT2D eigenvalue weighted by Gasteiger charge is 2.12. The third-order valence-electron chi connectivity index (χ3n) is 2.74. The number of hydrogen-bond donors (Lipinski definition) is 1. The Morgan fingerprint density at radius 2 is 1.72 bits per heavy atom. The van der Waals surface area contributed by atoms with Crippen molar-refractivity contribution in [1.29, 1.82) is 0 Å². The summed E-state index contributed by atoms with van der Waals surface area (Å²) in [5.74, 6) is 0.403. The lowest BCUT2D eigenvalue weighted by molar-refractivity contribution is 1.11. The lowest BCUT2D eigenvalue weighted by Gasteiger charge is -2.07. The summed E-state index contributed by atoms with van der Waals surface area (Å²) in [6.45, 7) is 0. The molecule has 0 amide bonds. The van der Waals surface area contributed by atoms with Crippen LogP contribution in [0.5, 0.6) is 0 Å². The molecular weight excluding hydrogens is 269 g/mol. The van der Waals surface area contributed by atoms with Crippen LogP contribution in [0.3, 0.4) is 0 Å². The molecule has 3 nitrogen and oxygen atoms in total. The molecule has 0 saturated carbocycles. The van der Waals surface area contributed by atoms with E-state index in [1.54, 1.807) is 12.1 Å². The van der Waals surface area contributed by atoms with E-state index in [1.807, 2.05) is 34.9 Å². The van der Waals surface area contributed by atoms with Crippen LogP contribution in [0.2, 0.25) is 10.0 Å². The van der Waals surface area contributed by atoms with Crippen LogP contribution >= 0.6 is 23.2 Å². The third-order valence-corrected chi connectivity index (χ3v) is 3.29. The monoisotopic (exact) mass is 277 g/mol. The number of nitrogen functional groups attached to an aromatic ring is 1. The molecule has 5 heteroatoms. The predicted molar refractivity (Wildman–Crippen MR) is 75.5 cm³/mol. The zero-order valence-corrected chi connectivity index (χ0v) is 10.8. The first kappa shape index (κ1) is 11.4. The van der Waals surface area contributed by atoms with Gasteiger partial charge in [-0.1, -0.05) is 29.3 Å². The fourth-order valence-corrected chi connectivity index (χ4v) is 2.34. The van der Waals surface area contributed by atoms with Crippen LogP contribution in [-0.4, -0.2) is 9.55 Å². The van der Waals surface area contributed by atoms with Gasteiger partial charge in [-0.05, 0) is 36.4 Å². The maximum Gasteiger partial charge on any atom is 0.205 e. The minimum atomic E-state index is 0.403. The van der Waals surface area contributed by atoms with Crippen LogP contribution < -0.4 is 5.73 Å². The molecule has 1 heterocycles. The van der Waals surface area contributed by atoms with Crippen molar-refractivity contribution in [2.45, 2.75) is 0 Å². The number of anilines is 1. The van der Waals surface area contributed by atoms with Crippen LogP contribution in [0, 0.1) is 0 Å². The Balaban J connectivity index is 2.34. The standard InChI is InChI=1S/C13H9Cl2N3/c14-8-4-6-9(7-5-8)18-12-10(15)2-1-3-11(12)17-13(18)16/h1-7H,(H2,16,17). The Bertz CT molecular complexity index is 717. The fourth-order valence-electron chi connectivity index (χ4n) is 1.96. The maximum atomic E-state index is 6.21. The van der Waals surface area contributed by atoms with Gasteiger partial charge in [0.05, 0.1) is 16.1 Å². The molecule has 1 aromatic heterocycles. The number of aromatic nitrogens is 2. The van der Waals surface area contributed by atoms with Gasteiger partial charge in [-0.15, -0.1) is 0 Å². The van der Waals surface area contributed by atoms with E-state index in [0.29, 0.717) is 16.0 Å².